The Balaban J connectivity index is 0.00000225. The van der Waals surface area contributed by atoms with Crippen LogP contribution in [0, 0.1) is 12.8 Å². The van der Waals surface area contributed by atoms with Gasteiger partial charge in [-0.05, 0) is 37.9 Å². The van der Waals surface area contributed by atoms with Crippen LogP contribution in [0.15, 0.2) is 28.8 Å². The average molecular weight is 367 g/mol. The van der Waals surface area contributed by atoms with Crippen molar-refractivity contribution in [3.05, 3.63) is 41.5 Å². The molecule has 1 aromatic heterocycles. The zero-order chi connectivity index (χ0) is 17.1. The predicted octanol–water partition coefficient (Wildman–Crippen LogP) is 2.19. The quantitative estimate of drug-likeness (QED) is 0.871. The van der Waals surface area contributed by atoms with Crippen LogP contribution >= 0.6 is 12.4 Å². The molecule has 2 N–H and O–H groups in total. The molecule has 1 aliphatic heterocycles. The van der Waals surface area contributed by atoms with Crippen molar-refractivity contribution in [3.63, 3.8) is 0 Å². The largest absolute Gasteiger partial charge is 0.485 e. The van der Waals surface area contributed by atoms with Crippen LogP contribution in [0.5, 0.6) is 5.75 Å². The Kier molecular flexibility index (Phi) is 6.39. The highest BCUT2D eigenvalue weighted by molar-refractivity contribution is 5.97. The molecular weight excluding hydrogens is 344 g/mol. The van der Waals surface area contributed by atoms with Crippen molar-refractivity contribution < 1.29 is 14.1 Å². The molecule has 7 nitrogen and oxygen atoms in total. The summed E-state index contributed by atoms with van der Waals surface area (Å²) in [6, 6.07) is 7.41. The van der Waals surface area contributed by atoms with E-state index in [1.807, 2.05) is 17.0 Å². The molecule has 1 aromatic carbocycles. The molecule has 0 radical (unpaired) electrons. The first-order valence-electron chi connectivity index (χ1n) is 8.10. The van der Waals surface area contributed by atoms with E-state index in [9.17, 15) is 4.79 Å². The van der Waals surface area contributed by atoms with Gasteiger partial charge in [-0.25, -0.2) is 0 Å². The van der Waals surface area contributed by atoms with Crippen LogP contribution in [0.1, 0.15) is 35.4 Å². The average Bonchev–Trinajstić information content (AvgIpc) is 3.18. The lowest BCUT2D eigenvalue weighted by Gasteiger charge is -2.22. The molecule has 1 amide bonds. The number of amides is 1. The Hall–Kier alpha value is -2.12. The minimum absolute atomic E-state index is 0. The molecule has 3 rings (SSSR count). The van der Waals surface area contributed by atoms with E-state index in [0.717, 1.165) is 6.42 Å². The number of hydrogen-bond donors (Lipinski definition) is 1. The molecule has 1 aliphatic rings. The number of rotatable bonds is 5. The molecule has 25 heavy (non-hydrogen) atoms. The molecule has 2 atom stereocenters. The normalized spacial score (nSPS) is 19.6. The van der Waals surface area contributed by atoms with Gasteiger partial charge in [0.1, 0.15) is 5.75 Å². The van der Waals surface area contributed by atoms with Gasteiger partial charge in [-0.15, -0.1) is 12.4 Å². The van der Waals surface area contributed by atoms with Gasteiger partial charge in [0.05, 0.1) is 5.56 Å². The van der Waals surface area contributed by atoms with Gasteiger partial charge in [-0.2, -0.15) is 4.98 Å². The van der Waals surface area contributed by atoms with Crippen LogP contribution in [0.3, 0.4) is 0 Å². The van der Waals surface area contributed by atoms with Crippen molar-refractivity contribution in [2.75, 3.05) is 13.1 Å². The van der Waals surface area contributed by atoms with Gasteiger partial charge < -0.3 is 19.9 Å². The van der Waals surface area contributed by atoms with Crippen molar-refractivity contribution >= 4 is 18.3 Å². The Morgan fingerprint density at radius 2 is 2.20 bits per heavy atom. The standard InChI is InChI=1S/C17H22N4O3.ClH/c1-11-7-13(8-18)9-21(11)17(22)14-5-3-4-6-15(14)23-10-16-19-12(2)24-20-16;/h3-6,11,13H,7-10,18H2,1-2H3;1H. The number of para-hydroxylation sites is 1. The second-order valence-corrected chi connectivity index (χ2v) is 6.16. The van der Waals surface area contributed by atoms with Crippen LogP contribution in [-0.4, -0.2) is 40.1 Å². The maximum atomic E-state index is 12.9. The molecule has 0 spiro atoms. The highest BCUT2D eigenvalue weighted by atomic mass is 35.5. The molecular formula is C17H23ClN4O3. The van der Waals surface area contributed by atoms with Crippen LogP contribution in [-0.2, 0) is 6.61 Å². The van der Waals surface area contributed by atoms with Crippen LogP contribution in [0.4, 0.5) is 0 Å². The van der Waals surface area contributed by atoms with E-state index in [4.69, 9.17) is 15.0 Å². The van der Waals surface area contributed by atoms with Gasteiger partial charge in [0.15, 0.2) is 6.61 Å². The minimum atomic E-state index is -0.0293. The van der Waals surface area contributed by atoms with E-state index in [1.54, 1.807) is 19.1 Å². The van der Waals surface area contributed by atoms with Crippen LogP contribution in [0.2, 0.25) is 0 Å². The van der Waals surface area contributed by atoms with Gasteiger partial charge in [-0.3, -0.25) is 4.79 Å². The number of aryl methyl sites for hydroxylation is 1. The number of nitrogens with two attached hydrogens (primary N) is 1. The fourth-order valence-corrected chi connectivity index (χ4v) is 3.06. The number of nitrogens with zero attached hydrogens (tertiary/aromatic N) is 3. The number of ether oxygens (including phenoxy) is 1. The number of carbonyl (C=O) groups excluding carboxylic acids is 1. The van der Waals surface area contributed by atoms with Gasteiger partial charge >= 0.3 is 0 Å². The van der Waals surface area contributed by atoms with Crippen LogP contribution in [0.25, 0.3) is 0 Å². The minimum Gasteiger partial charge on any atom is -0.485 e. The lowest BCUT2D eigenvalue weighted by Crippen LogP contribution is -2.34. The third kappa shape index (κ3) is 4.29. The van der Waals surface area contributed by atoms with Gasteiger partial charge in [0, 0.05) is 19.5 Å². The molecule has 2 unspecified atom stereocenters. The Morgan fingerprint density at radius 1 is 1.44 bits per heavy atom. The van der Waals surface area contributed by atoms with Gasteiger partial charge in [0.2, 0.25) is 11.7 Å². The summed E-state index contributed by atoms with van der Waals surface area (Å²) in [7, 11) is 0. The number of likely N-dealkylation sites (tertiary alicyclic amines) is 1. The molecule has 0 bridgehead atoms. The first kappa shape index (κ1) is 19.2. The highest BCUT2D eigenvalue weighted by Gasteiger charge is 2.33. The van der Waals surface area contributed by atoms with Crippen molar-refractivity contribution in [3.8, 4) is 5.75 Å². The summed E-state index contributed by atoms with van der Waals surface area (Å²) >= 11 is 0. The summed E-state index contributed by atoms with van der Waals surface area (Å²) in [5, 5.41) is 3.80. The molecule has 8 heteroatoms. The molecule has 0 aliphatic carbocycles. The third-order valence-electron chi connectivity index (χ3n) is 4.30. The van der Waals surface area contributed by atoms with Crippen LogP contribution < -0.4 is 10.5 Å². The van der Waals surface area contributed by atoms with E-state index < -0.39 is 0 Å². The Morgan fingerprint density at radius 3 is 2.84 bits per heavy atom. The van der Waals surface area contributed by atoms with E-state index in [1.165, 1.54) is 0 Å². The number of halogens is 1. The summed E-state index contributed by atoms with van der Waals surface area (Å²) in [6.07, 6.45) is 0.938. The summed E-state index contributed by atoms with van der Waals surface area (Å²) in [5.41, 5.74) is 6.30. The molecule has 136 valence electrons. The van der Waals surface area contributed by atoms with E-state index in [2.05, 4.69) is 17.1 Å². The first-order chi connectivity index (χ1) is 11.6. The van der Waals surface area contributed by atoms with Crippen molar-refractivity contribution in [2.24, 2.45) is 11.7 Å². The lowest BCUT2D eigenvalue weighted by atomic mass is 10.1. The van der Waals surface area contributed by atoms with Gasteiger partial charge in [-0.1, -0.05) is 17.3 Å². The topological polar surface area (TPSA) is 94.5 Å². The smallest absolute Gasteiger partial charge is 0.257 e. The maximum Gasteiger partial charge on any atom is 0.257 e. The highest BCUT2D eigenvalue weighted by Crippen LogP contribution is 2.27. The maximum absolute atomic E-state index is 12.9. The first-order valence-corrected chi connectivity index (χ1v) is 8.10. The number of benzene rings is 1. The molecule has 1 saturated heterocycles. The Bertz CT molecular complexity index is 721. The second-order valence-electron chi connectivity index (χ2n) is 6.16. The SMILES string of the molecule is Cc1nc(COc2ccccc2C(=O)N2CC(CN)CC2C)no1.Cl. The van der Waals surface area contributed by atoms with Crippen molar-refractivity contribution in [1.82, 2.24) is 15.0 Å². The summed E-state index contributed by atoms with van der Waals surface area (Å²) in [4.78, 5) is 18.9. The second kappa shape index (κ2) is 8.31. The Labute approximate surface area is 152 Å². The summed E-state index contributed by atoms with van der Waals surface area (Å²) in [6.45, 7) is 5.22. The summed E-state index contributed by atoms with van der Waals surface area (Å²) in [5.74, 6) is 1.79. The van der Waals surface area contributed by atoms with Crippen molar-refractivity contribution in [2.45, 2.75) is 32.9 Å². The van der Waals surface area contributed by atoms with E-state index in [-0.39, 0.29) is 31.0 Å². The number of hydrogen-bond acceptors (Lipinski definition) is 6. The fourth-order valence-electron chi connectivity index (χ4n) is 3.06. The monoisotopic (exact) mass is 366 g/mol. The molecule has 1 fully saturated rings. The fraction of sp³-hybridized carbons (Fsp3) is 0.471. The van der Waals surface area contributed by atoms with E-state index >= 15 is 0 Å². The molecule has 2 heterocycles. The summed E-state index contributed by atoms with van der Waals surface area (Å²) < 4.78 is 10.7. The predicted molar refractivity (Wildman–Crippen MR) is 94.7 cm³/mol. The van der Waals surface area contributed by atoms with Crippen molar-refractivity contribution in [1.29, 1.82) is 0 Å². The molecule has 2 aromatic rings. The van der Waals surface area contributed by atoms with Gasteiger partial charge in [0.25, 0.3) is 5.91 Å². The number of aromatic nitrogens is 2. The molecule has 0 saturated carbocycles. The third-order valence-corrected chi connectivity index (χ3v) is 4.30. The zero-order valence-corrected chi connectivity index (χ0v) is 15.2. The lowest BCUT2D eigenvalue weighted by molar-refractivity contribution is 0.0738. The zero-order valence-electron chi connectivity index (χ0n) is 14.3. The van der Waals surface area contributed by atoms with E-state index in [0.29, 0.717) is 42.0 Å². The number of carbonyl (C=O) groups is 1.